The first-order valence-electron chi connectivity index (χ1n) is 45.7. The molecular weight excluding hydrogens is 1760 g/mol. The van der Waals surface area contributed by atoms with Gasteiger partial charge in [0.15, 0.2) is 0 Å². The van der Waals surface area contributed by atoms with E-state index in [4.69, 9.17) is 24.7 Å². The van der Waals surface area contributed by atoms with Gasteiger partial charge in [-0.2, -0.15) is 52.7 Å². The van der Waals surface area contributed by atoms with Gasteiger partial charge in [-0.1, -0.05) is 167 Å². The van der Waals surface area contributed by atoms with Gasteiger partial charge in [0.25, 0.3) is 0 Å². The fraction of sp³-hybridized carbons (Fsp3) is 0.433. The summed E-state index contributed by atoms with van der Waals surface area (Å²) in [6.45, 7) is 7.17. The molecule has 0 spiro atoms. The Morgan fingerprint density at radius 2 is 0.837 bits per heavy atom. The molecule has 0 unspecified atom stereocenters. The minimum atomic E-state index is -4.45. The number of halogens is 12. The van der Waals surface area contributed by atoms with Crippen LogP contribution in [0, 0.1) is 23.7 Å². The highest BCUT2D eigenvalue weighted by Gasteiger charge is 2.50. The van der Waals surface area contributed by atoms with Crippen molar-refractivity contribution in [3.05, 3.63) is 315 Å². The van der Waals surface area contributed by atoms with E-state index in [9.17, 15) is 72.5 Å². The third kappa shape index (κ3) is 24.2. The Labute approximate surface area is 779 Å². The number of ether oxygens (including phenoxy) is 4. The van der Waals surface area contributed by atoms with Gasteiger partial charge in [-0.05, 0) is 158 Å². The van der Waals surface area contributed by atoms with Crippen LogP contribution in [0.25, 0.3) is 0 Å². The number of carbonyl (C=O) groups is 2. The molecule has 5 fully saturated rings. The second-order valence-corrected chi connectivity index (χ2v) is 35.9. The molecule has 135 heavy (non-hydrogen) atoms. The van der Waals surface area contributed by atoms with E-state index in [1.54, 1.807) is 12.5 Å². The minimum absolute atomic E-state index is 0. The number of amides is 2. The van der Waals surface area contributed by atoms with Gasteiger partial charge >= 0.3 is 24.7 Å². The number of likely N-dealkylation sites (tertiary alicyclic amines) is 1. The zero-order valence-electron chi connectivity index (χ0n) is 73.4. The number of nitrogens with two attached hydrogens (primary N) is 1. The number of nitrogens with one attached hydrogen (secondary N) is 6. The van der Waals surface area contributed by atoms with Crippen LogP contribution in [-0.2, 0) is 72.8 Å². The molecule has 10 heterocycles. The summed E-state index contributed by atoms with van der Waals surface area (Å²) in [6.07, 6.45) is -9.96. The Morgan fingerprint density at radius 1 is 0.467 bits per heavy atom. The molecular formula is C104H119F12N11O8. The maximum Gasteiger partial charge on any atom is 0.416 e. The maximum absolute atomic E-state index is 13.6. The van der Waals surface area contributed by atoms with Crippen molar-refractivity contribution in [2.75, 3.05) is 80.2 Å². The summed E-state index contributed by atoms with van der Waals surface area (Å²) in [5.74, 6) is -0.386. The molecule has 9 aromatic carbocycles. The lowest BCUT2D eigenvalue weighted by atomic mass is 9.76. The Morgan fingerprint density at radius 3 is 1.21 bits per heavy atom. The molecule has 9 aliphatic heterocycles. The molecule has 0 aliphatic carbocycles. The van der Waals surface area contributed by atoms with Crippen LogP contribution in [0.3, 0.4) is 0 Å². The molecule has 5 saturated heterocycles. The molecule has 9 aliphatic rings. The lowest BCUT2D eigenvalue weighted by Crippen LogP contribution is -2.45. The number of alkyl halides is 12. The van der Waals surface area contributed by atoms with Crippen molar-refractivity contribution in [1.29, 1.82) is 0 Å². The second kappa shape index (κ2) is 44.1. The molecule has 0 saturated carbocycles. The number of rotatable bonds is 20. The molecule has 19 nitrogen and oxygen atoms in total. The van der Waals surface area contributed by atoms with Gasteiger partial charge in [0.1, 0.15) is 6.10 Å². The van der Waals surface area contributed by atoms with Crippen LogP contribution in [0.15, 0.2) is 237 Å². The average molecular weight is 1880 g/mol. The fourth-order valence-corrected chi connectivity index (χ4v) is 20.6. The molecule has 0 radical (unpaired) electrons. The van der Waals surface area contributed by atoms with Crippen LogP contribution in [-0.4, -0.2) is 131 Å². The van der Waals surface area contributed by atoms with E-state index in [-0.39, 0.29) is 106 Å². The van der Waals surface area contributed by atoms with E-state index in [0.717, 1.165) is 115 Å². The van der Waals surface area contributed by atoms with E-state index in [2.05, 4.69) is 70.9 Å². The Bertz CT molecular complexity index is 5520. The molecule has 31 heteroatoms. The highest BCUT2D eigenvalue weighted by Crippen LogP contribution is 2.57. The number of fused-ring (bicyclic) bond motifs is 12. The predicted molar refractivity (Wildman–Crippen MR) is 494 cm³/mol. The number of β-amino-alcohol motifs (C(OH)–C–C–N with tert-alkyl or cyclic N) is 1. The smallest absolute Gasteiger partial charge is 0.395 e. The summed E-state index contributed by atoms with van der Waals surface area (Å²) in [5.41, 5.74) is 14.1. The van der Waals surface area contributed by atoms with Crippen molar-refractivity contribution >= 4 is 34.6 Å². The third-order valence-corrected chi connectivity index (χ3v) is 27.0. The van der Waals surface area contributed by atoms with Crippen molar-refractivity contribution < 1.29 is 91.4 Å². The quantitative estimate of drug-likeness (QED) is 0.0323. The molecule has 1 aromatic heterocycles. The standard InChI is InChI=1S/C29H31F3N2O2.C27H29F3N4O2.C24H27F3N2O2.C22H24F3N3O2.2CH4/c30-29(31,32)22-11-14-26-25(17-22)28-24(27(33-26)21-9-5-2-6-10-21)13-12-23(36-28)19-34(15-16-35)18-20-7-3-1-4-8-20;1-17(35)32-12-11-20-14-31-16-34(20)15-21-8-9-22-25(18-5-3-2-4-6-18)33-24-10-7-19(27(28,29)30)13-23(24)26(22)36-21;25-24(26,27)16-6-9-21-20(12-16)23-19(22(28-21)15-4-2-1-3-5-15)8-7-18(31-23)14-29-11-10-17(30)13-29;23-22(24,25)14-6-8-17-16(12-14)20-15(19(28-17)13-4-2-1-3-5-13)7-9-18(30-20)21(29)27-11-10-26;;/h1-11,14,17,23-24,27-28,33,35H,12-13,15-16,18-19H2;2-7,10,13-14,16,21-22,25-26,33H,8-9,11-12,15H2,1H3,(H,32,35);1-6,9,12,17-19,22-23,28,30H,7-8,10-11,13-14H2;1-6,8,12,15,18-20,28H,7,9-11,26H2,(H,27,29);2*1H4/t23-,24+,27+,28+;21-,22+,25+,26+;17-,18-,19+,22+,23+;15-,18+,19-,20-;;/m1110../s1. The van der Waals surface area contributed by atoms with E-state index in [1.165, 1.54) is 49.4 Å². The van der Waals surface area contributed by atoms with Crippen LogP contribution in [0.5, 0.6) is 0 Å². The van der Waals surface area contributed by atoms with E-state index in [1.807, 2.05) is 132 Å². The molecule has 19 rings (SSSR count). The first-order valence-corrected chi connectivity index (χ1v) is 45.7. The van der Waals surface area contributed by atoms with Crippen LogP contribution in [0.4, 0.5) is 75.4 Å². The van der Waals surface area contributed by atoms with Gasteiger partial charge < -0.3 is 71.4 Å². The molecule has 10 N–H and O–H groups in total. The number of aliphatic hydroxyl groups excluding tert-OH is 2. The van der Waals surface area contributed by atoms with Crippen LogP contribution < -0.4 is 37.6 Å². The Hall–Kier alpha value is -10.9. The first-order chi connectivity index (χ1) is 64.0. The molecule has 2 amide bonds. The normalized spacial score (nSPS) is 25.3. The number of aromatic nitrogens is 2. The summed E-state index contributed by atoms with van der Waals surface area (Å²) in [5, 5.41) is 38.9. The molecule has 10 aromatic rings. The number of anilines is 4. The maximum atomic E-state index is 13.6. The van der Waals surface area contributed by atoms with E-state index < -0.39 is 77.5 Å². The summed E-state index contributed by atoms with van der Waals surface area (Å²) < 4.78 is 189. The lowest BCUT2D eigenvalue weighted by Gasteiger charge is -2.46. The first kappa shape index (κ1) is 100. The van der Waals surface area contributed by atoms with Crippen LogP contribution >= 0.6 is 0 Å². The van der Waals surface area contributed by atoms with Gasteiger partial charge in [-0.25, -0.2) is 4.98 Å². The van der Waals surface area contributed by atoms with Crippen molar-refractivity contribution in [3.63, 3.8) is 0 Å². The van der Waals surface area contributed by atoms with E-state index in [0.29, 0.717) is 123 Å². The zero-order valence-corrected chi connectivity index (χ0v) is 73.4. The zero-order chi connectivity index (χ0) is 93.3. The summed E-state index contributed by atoms with van der Waals surface area (Å²) in [6, 6.07) is 65.1. The van der Waals surface area contributed by atoms with Gasteiger partial charge in [-0.3, -0.25) is 19.4 Å². The number of imidazole rings is 1. The SMILES string of the molecule is C.C.CC(=O)NCCc1cncn1C[C@H]1CC[C@@H]2[C@H](O1)c1cc(C(F)(F)F)ccc1N[C@H]2c1ccccc1.NCCNC(=O)[C@H]1CC[C@@H]2[C@H](O1)c1cc(C(F)(F)F)ccc1N[C@H]2c1ccccc1.OCCN(Cc1ccccc1)C[C@H]1CC[C@@H]2[C@H](O1)c1cc(C(F)(F)F)ccc1N[C@H]2c1ccccc1.O[C@@H]1CCN(C[C@H]2CC[C@@H]3[C@H](O2)c2cc(C(F)(F)F)ccc2N[C@H]3c2ccccc2)C1. The number of carbonyl (C=O) groups excluding carboxylic acids is 2. The largest absolute Gasteiger partial charge is 0.416 e. The minimum Gasteiger partial charge on any atom is -0.395 e. The van der Waals surface area contributed by atoms with Crippen molar-refractivity contribution in [1.82, 2.24) is 30.0 Å². The monoisotopic (exact) mass is 1880 g/mol. The van der Waals surface area contributed by atoms with Gasteiger partial charge in [0.05, 0.1) is 115 Å². The Kier molecular flexibility index (Phi) is 32.7. The number of hydrogen-bond acceptors (Lipinski definition) is 16. The summed E-state index contributed by atoms with van der Waals surface area (Å²) >= 11 is 0. The van der Waals surface area contributed by atoms with Gasteiger partial charge in [0.2, 0.25) is 11.8 Å². The van der Waals surface area contributed by atoms with Gasteiger partial charge in [-0.15, -0.1) is 0 Å². The van der Waals surface area contributed by atoms with Crippen LogP contribution in [0.1, 0.15) is 206 Å². The molecule has 722 valence electrons. The fourth-order valence-electron chi connectivity index (χ4n) is 20.6. The third-order valence-electron chi connectivity index (χ3n) is 27.0. The van der Waals surface area contributed by atoms with Crippen LogP contribution in [0.2, 0.25) is 0 Å². The van der Waals surface area contributed by atoms with Crippen molar-refractivity contribution in [3.8, 4) is 0 Å². The number of aliphatic hydroxyl groups is 2. The predicted octanol–water partition coefficient (Wildman–Crippen LogP) is 21.3. The van der Waals surface area contributed by atoms with Crippen molar-refractivity contribution in [2.45, 2.75) is 203 Å². The molecule has 0 bridgehead atoms. The number of benzene rings is 9. The topological polar surface area (TPSA) is 234 Å². The van der Waals surface area contributed by atoms with Crippen molar-refractivity contribution in [2.24, 2.45) is 29.4 Å². The summed E-state index contributed by atoms with van der Waals surface area (Å²) in [4.78, 5) is 32.2. The average Bonchev–Trinajstić information content (AvgIpc) is 0.850. The summed E-state index contributed by atoms with van der Waals surface area (Å²) in [7, 11) is 0. The van der Waals surface area contributed by atoms with E-state index >= 15 is 0 Å². The second-order valence-electron chi connectivity index (χ2n) is 35.9. The molecule has 17 atom stereocenters. The number of hydrogen-bond donors (Lipinski definition) is 9. The number of nitrogens with zero attached hydrogens (tertiary/aromatic N) is 4. The lowest BCUT2D eigenvalue weighted by molar-refractivity contribution is -0.149. The highest BCUT2D eigenvalue weighted by atomic mass is 19.4. The highest BCUT2D eigenvalue weighted by molar-refractivity contribution is 5.81. The van der Waals surface area contributed by atoms with Gasteiger partial charge in [0, 0.05) is 153 Å². The Balaban J connectivity index is 0.000000144.